The summed E-state index contributed by atoms with van der Waals surface area (Å²) in [6, 6.07) is 6.12. The van der Waals surface area contributed by atoms with E-state index in [4.69, 9.17) is 0 Å². The number of rotatable bonds is 3. The van der Waals surface area contributed by atoms with Gasteiger partial charge in [-0.15, -0.1) is 0 Å². The SMILES string of the molecule is O=C1CCCC(=O)C1C(c1ccc(O)cc1)C1C(=O)CCCC1=O. The minimum Gasteiger partial charge on any atom is -0.508 e. The maximum Gasteiger partial charge on any atom is 0.144 e. The van der Waals surface area contributed by atoms with E-state index in [-0.39, 0.29) is 28.9 Å². The molecule has 2 fully saturated rings. The third-order valence-corrected chi connectivity index (χ3v) is 5.08. The van der Waals surface area contributed by atoms with Crippen LogP contribution in [0.5, 0.6) is 5.75 Å². The molecular weight excluding hydrogens is 308 g/mol. The first-order valence-corrected chi connectivity index (χ1v) is 8.39. The Morgan fingerprint density at radius 2 is 1.08 bits per heavy atom. The van der Waals surface area contributed by atoms with Gasteiger partial charge in [-0.1, -0.05) is 12.1 Å². The highest BCUT2D eigenvalue weighted by atomic mass is 16.3. The highest BCUT2D eigenvalue weighted by Crippen LogP contribution is 2.41. The lowest BCUT2D eigenvalue weighted by molar-refractivity contribution is -0.141. The van der Waals surface area contributed by atoms with Crippen LogP contribution in [-0.2, 0) is 19.2 Å². The number of phenolic OH excluding ortho intramolecular Hbond substituents is 1. The van der Waals surface area contributed by atoms with Crippen molar-refractivity contribution in [3.63, 3.8) is 0 Å². The lowest BCUT2D eigenvalue weighted by atomic mass is 9.65. The first-order valence-electron chi connectivity index (χ1n) is 8.39. The molecule has 1 N–H and O–H groups in total. The van der Waals surface area contributed by atoms with E-state index in [0.717, 1.165) is 0 Å². The average molecular weight is 328 g/mol. The first kappa shape index (κ1) is 16.6. The van der Waals surface area contributed by atoms with Crippen molar-refractivity contribution in [1.82, 2.24) is 0 Å². The summed E-state index contributed by atoms with van der Waals surface area (Å²) in [6.45, 7) is 0. The highest BCUT2D eigenvalue weighted by Gasteiger charge is 2.47. The lowest BCUT2D eigenvalue weighted by Crippen LogP contribution is -2.43. The molecule has 2 aliphatic rings. The zero-order chi connectivity index (χ0) is 17.3. The van der Waals surface area contributed by atoms with Crippen LogP contribution in [0, 0.1) is 11.8 Å². The summed E-state index contributed by atoms with van der Waals surface area (Å²) in [5.41, 5.74) is 0.593. The molecule has 0 radical (unpaired) electrons. The molecule has 2 saturated carbocycles. The van der Waals surface area contributed by atoms with Crippen molar-refractivity contribution in [3.05, 3.63) is 29.8 Å². The van der Waals surface area contributed by atoms with Gasteiger partial charge in [0.1, 0.15) is 28.9 Å². The molecule has 0 bridgehead atoms. The molecule has 0 heterocycles. The van der Waals surface area contributed by atoms with Crippen LogP contribution in [0.15, 0.2) is 24.3 Å². The maximum atomic E-state index is 12.4. The van der Waals surface area contributed by atoms with Crippen LogP contribution in [-0.4, -0.2) is 28.2 Å². The van der Waals surface area contributed by atoms with Crippen molar-refractivity contribution in [1.29, 1.82) is 0 Å². The van der Waals surface area contributed by atoms with Gasteiger partial charge in [0.2, 0.25) is 0 Å². The number of hydrogen-bond acceptors (Lipinski definition) is 5. The van der Waals surface area contributed by atoms with E-state index in [1.54, 1.807) is 12.1 Å². The molecule has 2 aliphatic carbocycles. The minimum atomic E-state index is -0.931. The van der Waals surface area contributed by atoms with E-state index < -0.39 is 17.8 Å². The van der Waals surface area contributed by atoms with Gasteiger partial charge in [0.25, 0.3) is 0 Å². The second-order valence-electron chi connectivity index (χ2n) is 6.65. The second-order valence-corrected chi connectivity index (χ2v) is 6.65. The van der Waals surface area contributed by atoms with Crippen molar-refractivity contribution in [3.8, 4) is 5.75 Å². The van der Waals surface area contributed by atoms with Gasteiger partial charge in [0.15, 0.2) is 0 Å². The molecule has 0 spiro atoms. The number of hydrogen-bond donors (Lipinski definition) is 1. The van der Waals surface area contributed by atoms with Crippen LogP contribution in [0.2, 0.25) is 0 Å². The van der Waals surface area contributed by atoms with Crippen LogP contribution in [0.25, 0.3) is 0 Å². The molecule has 0 saturated heterocycles. The molecule has 5 nitrogen and oxygen atoms in total. The Morgan fingerprint density at radius 1 is 0.708 bits per heavy atom. The van der Waals surface area contributed by atoms with Crippen molar-refractivity contribution < 1.29 is 24.3 Å². The first-order chi connectivity index (χ1) is 11.5. The predicted molar refractivity (Wildman–Crippen MR) is 85.6 cm³/mol. The van der Waals surface area contributed by atoms with Gasteiger partial charge in [-0.2, -0.15) is 0 Å². The summed E-state index contributed by atoms with van der Waals surface area (Å²) in [6.07, 6.45) is 2.28. The molecule has 0 amide bonds. The molecule has 0 aromatic heterocycles. The monoisotopic (exact) mass is 328 g/mol. The number of phenols is 1. The van der Waals surface area contributed by atoms with Gasteiger partial charge in [-0.05, 0) is 30.5 Å². The van der Waals surface area contributed by atoms with Crippen molar-refractivity contribution in [2.75, 3.05) is 0 Å². The van der Waals surface area contributed by atoms with E-state index >= 15 is 0 Å². The summed E-state index contributed by atoms with van der Waals surface area (Å²) in [4.78, 5) is 49.8. The van der Waals surface area contributed by atoms with Crippen molar-refractivity contribution >= 4 is 23.1 Å². The molecule has 126 valence electrons. The quantitative estimate of drug-likeness (QED) is 0.860. The summed E-state index contributed by atoms with van der Waals surface area (Å²) >= 11 is 0. The van der Waals surface area contributed by atoms with E-state index in [9.17, 15) is 24.3 Å². The Balaban J connectivity index is 2.07. The lowest BCUT2D eigenvalue weighted by Gasteiger charge is -2.34. The van der Waals surface area contributed by atoms with Crippen molar-refractivity contribution in [2.45, 2.75) is 44.4 Å². The topological polar surface area (TPSA) is 88.5 Å². The number of aromatic hydroxyl groups is 1. The van der Waals surface area contributed by atoms with Crippen LogP contribution < -0.4 is 0 Å². The molecule has 1 aromatic rings. The third kappa shape index (κ3) is 3.03. The summed E-state index contributed by atoms with van der Waals surface area (Å²) in [7, 11) is 0. The predicted octanol–water partition coefficient (Wildman–Crippen LogP) is 2.35. The van der Waals surface area contributed by atoms with Gasteiger partial charge in [0.05, 0.1) is 11.8 Å². The number of carbonyl (C=O) groups is 4. The smallest absolute Gasteiger partial charge is 0.144 e. The van der Waals surface area contributed by atoms with E-state index in [0.29, 0.717) is 44.1 Å². The molecular formula is C19H20O5. The van der Waals surface area contributed by atoms with Crippen LogP contribution in [0.3, 0.4) is 0 Å². The Kier molecular flexibility index (Phi) is 4.60. The molecule has 0 aliphatic heterocycles. The third-order valence-electron chi connectivity index (χ3n) is 5.08. The van der Waals surface area contributed by atoms with Gasteiger partial charge in [0, 0.05) is 31.6 Å². The van der Waals surface area contributed by atoms with Gasteiger partial charge in [-0.25, -0.2) is 0 Å². The van der Waals surface area contributed by atoms with Crippen molar-refractivity contribution in [2.24, 2.45) is 11.8 Å². The van der Waals surface area contributed by atoms with E-state index in [1.807, 2.05) is 0 Å². The Labute approximate surface area is 140 Å². The largest absolute Gasteiger partial charge is 0.508 e. The highest BCUT2D eigenvalue weighted by molar-refractivity contribution is 6.10. The molecule has 3 rings (SSSR count). The van der Waals surface area contributed by atoms with Gasteiger partial charge >= 0.3 is 0 Å². The zero-order valence-electron chi connectivity index (χ0n) is 13.4. The molecule has 24 heavy (non-hydrogen) atoms. The maximum absolute atomic E-state index is 12.4. The summed E-state index contributed by atoms with van der Waals surface area (Å²) in [5.74, 6) is -3.29. The molecule has 0 atom stereocenters. The number of carbonyl (C=O) groups excluding carboxylic acids is 4. The normalized spacial score (nSPS) is 20.9. The molecule has 1 aromatic carbocycles. The van der Waals surface area contributed by atoms with Crippen LogP contribution in [0.1, 0.15) is 50.0 Å². The van der Waals surface area contributed by atoms with Gasteiger partial charge < -0.3 is 5.11 Å². The fourth-order valence-corrected chi connectivity index (χ4v) is 3.93. The van der Waals surface area contributed by atoms with Gasteiger partial charge in [-0.3, -0.25) is 19.2 Å². The van der Waals surface area contributed by atoms with Crippen LogP contribution >= 0.6 is 0 Å². The minimum absolute atomic E-state index is 0.0556. The van der Waals surface area contributed by atoms with Crippen LogP contribution in [0.4, 0.5) is 0 Å². The number of ketones is 4. The average Bonchev–Trinajstić information content (AvgIpc) is 2.54. The summed E-state index contributed by atoms with van der Waals surface area (Å²) < 4.78 is 0. The van der Waals surface area contributed by atoms with E-state index in [1.165, 1.54) is 12.1 Å². The second kappa shape index (κ2) is 6.67. The number of benzene rings is 1. The fraction of sp³-hybridized carbons (Fsp3) is 0.474. The zero-order valence-corrected chi connectivity index (χ0v) is 13.4. The fourth-order valence-electron chi connectivity index (χ4n) is 3.93. The Morgan fingerprint density at radius 3 is 1.46 bits per heavy atom. The Bertz CT molecular complexity index is 618. The Hall–Kier alpha value is -2.30. The van der Waals surface area contributed by atoms with E-state index in [2.05, 4.69) is 0 Å². The molecule has 0 unspecified atom stereocenters. The number of Topliss-reactive ketones (excluding diaryl/α,β-unsaturated/α-hetero) is 4. The summed E-state index contributed by atoms with van der Waals surface area (Å²) in [5, 5.41) is 9.50. The standard InChI is InChI=1S/C19H20O5/c20-12-9-7-11(8-10-12)17(18-13(21)3-1-4-14(18)22)19-15(23)5-2-6-16(19)24/h7-10,17-20H,1-6H2. The molecule has 5 heteroatoms.